The highest BCUT2D eigenvalue weighted by molar-refractivity contribution is 5.83. The molecule has 1 unspecified atom stereocenters. The lowest BCUT2D eigenvalue weighted by atomic mass is 9.87. The van der Waals surface area contributed by atoms with Crippen LogP contribution in [0, 0.1) is 29.1 Å². The zero-order valence-corrected chi connectivity index (χ0v) is 20.1. The van der Waals surface area contributed by atoms with Crippen LogP contribution >= 0.6 is 0 Å². The zero-order valence-electron chi connectivity index (χ0n) is 20.1. The molecule has 2 aliphatic heterocycles. The average molecular weight is 460 g/mol. The number of hydrogen-bond acceptors (Lipinski definition) is 3. The predicted octanol–water partition coefficient (Wildman–Crippen LogP) is 3.68. The van der Waals surface area contributed by atoms with Gasteiger partial charge in [0.25, 0.3) is 0 Å². The Hall–Kier alpha value is -2.40. The topological polar surface area (TPSA) is 43.9 Å². The molecule has 2 saturated heterocycles. The average Bonchev–Trinajstić information content (AvgIpc) is 3.19. The largest absolute Gasteiger partial charge is 0.342 e. The molecule has 1 aromatic carbocycles. The Balaban J connectivity index is 0.946. The normalized spacial score (nSPS) is 32.1. The maximum atomic E-state index is 13.3. The highest BCUT2D eigenvalue weighted by atomic mass is 16.2. The molecule has 5 aliphatic rings. The van der Waals surface area contributed by atoms with Gasteiger partial charge in [-0.05, 0) is 54.9 Å². The Morgan fingerprint density at radius 3 is 2.29 bits per heavy atom. The van der Waals surface area contributed by atoms with Crippen LogP contribution in [-0.4, -0.2) is 72.3 Å². The summed E-state index contributed by atoms with van der Waals surface area (Å²) in [6, 6.07) is 10.4. The van der Waals surface area contributed by atoms with Crippen LogP contribution in [0.1, 0.15) is 37.7 Å². The summed E-state index contributed by atoms with van der Waals surface area (Å²) in [7, 11) is 0. The van der Waals surface area contributed by atoms with Gasteiger partial charge in [-0.15, -0.1) is 0 Å². The first-order valence-electron chi connectivity index (χ1n) is 13.3. The van der Waals surface area contributed by atoms with Crippen LogP contribution in [0.3, 0.4) is 0 Å². The van der Waals surface area contributed by atoms with Crippen LogP contribution in [0.15, 0.2) is 48.6 Å². The van der Waals surface area contributed by atoms with Gasteiger partial charge in [0.2, 0.25) is 11.8 Å². The second-order valence-corrected chi connectivity index (χ2v) is 11.3. The van der Waals surface area contributed by atoms with E-state index in [9.17, 15) is 9.59 Å². The SMILES string of the molecule is O=C(C1CC12CCN(C(=O)[C@@H]1C[C@H]3C=C[C@@H]1C3)CC2)N1CCN(C/C=C/c2ccccc2)CC1. The number of fused-ring (bicyclic) bond motifs is 2. The lowest BCUT2D eigenvalue weighted by molar-refractivity contribution is -0.138. The fraction of sp³-hybridized carbons (Fsp3) is 0.586. The minimum absolute atomic E-state index is 0.179. The summed E-state index contributed by atoms with van der Waals surface area (Å²) in [6.45, 7) is 6.21. The third kappa shape index (κ3) is 4.24. The number of carbonyl (C=O) groups is 2. The van der Waals surface area contributed by atoms with Crippen LogP contribution in [0.2, 0.25) is 0 Å². The molecular weight excluding hydrogens is 422 g/mol. The summed E-state index contributed by atoms with van der Waals surface area (Å²) in [5.74, 6) is 2.29. The number of likely N-dealkylation sites (tertiary alicyclic amines) is 1. The number of amides is 2. The number of rotatable bonds is 5. The molecule has 4 atom stereocenters. The Morgan fingerprint density at radius 2 is 1.62 bits per heavy atom. The van der Waals surface area contributed by atoms with E-state index in [0.29, 0.717) is 23.7 Å². The van der Waals surface area contributed by atoms with Gasteiger partial charge in [0.1, 0.15) is 0 Å². The molecule has 2 heterocycles. The maximum Gasteiger partial charge on any atom is 0.226 e. The van der Waals surface area contributed by atoms with Gasteiger partial charge < -0.3 is 9.80 Å². The highest BCUT2D eigenvalue weighted by Gasteiger charge is 2.60. The lowest BCUT2D eigenvalue weighted by Crippen LogP contribution is -2.50. The third-order valence-corrected chi connectivity index (χ3v) is 9.31. The van der Waals surface area contributed by atoms with Crippen molar-refractivity contribution < 1.29 is 9.59 Å². The minimum atomic E-state index is 0.179. The quantitative estimate of drug-likeness (QED) is 0.631. The van der Waals surface area contributed by atoms with Gasteiger partial charge in [-0.25, -0.2) is 0 Å². The van der Waals surface area contributed by atoms with E-state index in [1.807, 2.05) is 6.07 Å². The van der Waals surface area contributed by atoms with E-state index in [1.54, 1.807) is 0 Å². The van der Waals surface area contributed by atoms with Gasteiger partial charge in [-0.2, -0.15) is 0 Å². The highest BCUT2D eigenvalue weighted by Crippen LogP contribution is 2.60. The van der Waals surface area contributed by atoms with Gasteiger partial charge >= 0.3 is 0 Å². The molecule has 1 spiro atoms. The third-order valence-electron chi connectivity index (χ3n) is 9.31. The monoisotopic (exact) mass is 459 g/mol. The Kier molecular flexibility index (Phi) is 5.84. The summed E-state index contributed by atoms with van der Waals surface area (Å²) >= 11 is 0. The zero-order chi connectivity index (χ0) is 23.1. The molecule has 0 aromatic heterocycles. The van der Waals surface area contributed by atoms with Crippen molar-refractivity contribution in [1.29, 1.82) is 0 Å². The number of piperazine rings is 1. The molecule has 0 N–H and O–H groups in total. The fourth-order valence-electron chi connectivity index (χ4n) is 6.99. The standard InChI is InChI=1S/C29H37N3O2/c33-27(25-20-23-8-9-24(25)19-23)31-13-10-29(11-14-31)21-26(29)28(34)32-17-15-30(16-18-32)12-4-7-22-5-2-1-3-6-22/h1-9,23-26H,10-21H2/b7-4+/t23-,24+,25+,26?/m0/s1. The lowest BCUT2D eigenvalue weighted by Gasteiger charge is -2.37. The Morgan fingerprint density at radius 1 is 0.882 bits per heavy atom. The van der Waals surface area contributed by atoms with E-state index in [4.69, 9.17) is 0 Å². The van der Waals surface area contributed by atoms with Gasteiger partial charge in [0.15, 0.2) is 0 Å². The summed E-state index contributed by atoms with van der Waals surface area (Å²) in [6.07, 6.45) is 14.3. The molecule has 34 heavy (non-hydrogen) atoms. The number of nitrogens with zero attached hydrogens (tertiary/aromatic N) is 3. The molecule has 5 heteroatoms. The second-order valence-electron chi connectivity index (χ2n) is 11.3. The number of benzene rings is 1. The van der Waals surface area contributed by atoms with Crippen molar-refractivity contribution in [1.82, 2.24) is 14.7 Å². The fourth-order valence-corrected chi connectivity index (χ4v) is 6.99. The summed E-state index contributed by atoms with van der Waals surface area (Å²) < 4.78 is 0. The molecule has 2 saturated carbocycles. The van der Waals surface area contributed by atoms with Crippen LogP contribution in [0.4, 0.5) is 0 Å². The molecule has 5 nitrogen and oxygen atoms in total. The van der Waals surface area contributed by atoms with Crippen LogP contribution in [0.5, 0.6) is 0 Å². The number of piperidine rings is 1. The van der Waals surface area contributed by atoms with Crippen LogP contribution in [0.25, 0.3) is 6.08 Å². The van der Waals surface area contributed by atoms with Gasteiger partial charge in [0, 0.05) is 57.6 Å². The molecule has 1 aromatic rings. The van der Waals surface area contributed by atoms with Crippen molar-refractivity contribution in [3.63, 3.8) is 0 Å². The summed E-state index contributed by atoms with van der Waals surface area (Å²) in [4.78, 5) is 33.0. The first-order chi connectivity index (χ1) is 16.6. The van der Waals surface area contributed by atoms with Gasteiger partial charge in [-0.1, -0.05) is 54.6 Å². The Bertz CT molecular complexity index is 970. The minimum Gasteiger partial charge on any atom is -0.342 e. The number of hydrogen-bond donors (Lipinski definition) is 0. The molecule has 2 amide bonds. The van der Waals surface area contributed by atoms with E-state index in [2.05, 4.69) is 63.3 Å². The van der Waals surface area contributed by atoms with E-state index in [0.717, 1.165) is 71.5 Å². The van der Waals surface area contributed by atoms with E-state index in [1.165, 1.54) is 12.0 Å². The second kappa shape index (κ2) is 8.99. The van der Waals surface area contributed by atoms with Crippen molar-refractivity contribution in [2.75, 3.05) is 45.8 Å². The van der Waals surface area contributed by atoms with E-state index < -0.39 is 0 Å². The smallest absolute Gasteiger partial charge is 0.226 e. The van der Waals surface area contributed by atoms with Crippen molar-refractivity contribution in [3.8, 4) is 0 Å². The van der Waals surface area contributed by atoms with E-state index in [-0.39, 0.29) is 17.3 Å². The molecule has 180 valence electrons. The molecule has 6 rings (SSSR count). The predicted molar refractivity (Wildman–Crippen MR) is 134 cm³/mol. The van der Waals surface area contributed by atoms with Crippen molar-refractivity contribution >= 4 is 17.9 Å². The molecule has 2 bridgehead atoms. The van der Waals surface area contributed by atoms with E-state index >= 15 is 0 Å². The van der Waals surface area contributed by atoms with Crippen molar-refractivity contribution in [2.45, 2.75) is 32.1 Å². The molecule has 3 aliphatic carbocycles. The Labute approximate surface area is 203 Å². The van der Waals surface area contributed by atoms with Crippen molar-refractivity contribution in [2.24, 2.45) is 29.1 Å². The van der Waals surface area contributed by atoms with Crippen molar-refractivity contribution in [3.05, 3.63) is 54.1 Å². The molecule has 0 radical (unpaired) electrons. The molecule has 4 fully saturated rings. The summed E-state index contributed by atoms with van der Waals surface area (Å²) in [5.41, 5.74) is 1.41. The van der Waals surface area contributed by atoms with Crippen LogP contribution in [-0.2, 0) is 9.59 Å². The van der Waals surface area contributed by atoms with Gasteiger partial charge in [-0.3, -0.25) is 14.5 Å². The summed E-state index contributed by atoms with van der Waals surface area (Å²) in [5, 5.41) is 0. The number of allylic oxidation sites excluding steroid dienone is 2. The first kappa shape index (κ1) is 22.1. The maximum absolute atomic E-state index is 13.3. The van der Waals surface area contributed by atoms with Crippen LogP contribution < -0.4 is 0 Å². The molecular formula is C29H37N3O2. The number of carbonyl (C=O) groups excluding carboxylic acids is 2. The first-order valence-corrected chi connectivity index (χ1v) is 13.3. The van der Waals surface area contributed by atoms with Gasteiger partial charge in [0.05, 0.1) is 0 Å².